The number of benzene rings is 2. The average Bonchev–Trinajstić information content (AvgIpc) is 3.38. The van der Waals surface area contributed by atoms with Crippen LogP contribution in [0, 0.1) is 0 Å². The van der Waals surface area contributed by atoms with Crippen LogP contribution >= 0.6 is 0 Å². The fourth-order valence-corrected chi connectivity index (χ4v) is 3.45. The van der Waals surface area contributed by atoms with Crippen molar-refractivity contribution in [1.82, 2.24) is 19.9 Å². The summed E-state index contributed by atoms with van der Waals surface area (Å²) in [4.78, 5) is 4.24. The van der Waals surface area contributed by atoms with E-state index in [4.69, 9.17) is 14.4 Å². The van der Waals surface area contributed by atoms with Gasteiger partial charge in [0.25, 0.3) is 5.89 Å². The Balaban J connectivity index is 1.53. The van der Waals surface area contributed by atoms with Crippen LogP contribution in [-0.2, 0) is 29.9 Å². The quantitative estimate of drug-likeness (QED) is 0.449. The number of alkyl halides is 3. The lowest BCUT2D eigenvalue weighted by Crippen LogP contribution is -2.11. The van der Waals surface area contributed by atoms with Crippen LogP contribution < -0.4 is 9.88 Å². The van der Waals surface area contributed by atoms with Crippen molar-refractivity contribution in [1.29, 1.82) is 0 Å². The SMILES string of the molecule is Cn1ncc(-c2nc(-c3ccc(S(N)(=O)=O)cc3)no2)c1OCc1ccc(C(F)(F)F)cc1. The van der Waals surface area contributed by atoms with E-state index in [0.29, 0.717) is 16.7 Å². The van der Waals surface area contributed by atoms with E-state index in [-0.39, 0.29) is 29.1 Å². The standard InChI is InChI=1S/C20H16F3N5O4S/c1-28-19(31-11-12-2-6-14(7-3-12)20(21,22)23)16(10-25-28)18-26-17(27-32-18)13-4-8-15(9-5-13)33(24,29)30/h2-10H,11H2,1H3,(H2,24,29,30). The van der Waals surface area contributed by atoms with Crippen molar-refractivity contribution >= 4 is 10.0 Å². The number of sulfonamides is 1. The molecule has 0 atom stereocenters. The highest BCUT2D eigenvalue weighted by atomic mass is 32.2. The Labute approximate surface area is 185 Å². The maximum atomic E-state index is 12.7. The average molecular weight is 479 g/mol. The lowest BCUT2D eigenvalue weighted by atomic mass is 10.1. The highest BCUT2D eigenvalue weighted by Gasteiger charge is 2.30. The van der Waals surface area contributed by atoms with Gasteiger partial charge in [-0.25, -0.2) is 18.2 Å². The van der Waals surface area contributed by atoms with Crippen LogP contribution in [0.1, 0.15) is 11.1 Å². The van der Waals surface area contributed by atoms with E-state index < -0.39 is 21.8 Å². The maximum Gasteiger partial charge on any atom is 0.416 e. The highest BCUT2D eigenvalue weighted by molar-refractivity contribution is 7.89. The van der Waals surface area contributed by atoms with Gasteiger partial charge in [-0.05, 0) is 42.0 Å². The second-order valence-corrected chi connectivity index (χ2v) is 8.52. The van der Waals surface area contributed by atoms with Crippen molar-refractivity contribution in [3.63, 3.8) is 0 Å². The van der Waals surface area contributed by atoms with Gasteiger partial charge < -0.3 is 9.26 Å². The smallest absolute Gasteiger partial charge is 0.416 e. The number of aromatic nitrogens is 4. The lowest BCUT2D eigenvalue weighted by molar-refractivity contribution is -0.137. The largest absolute Gasteiger partial charge is 0.472 e. The van der Waals surface area contributed by atoms with Crippen LogP contribution in [-0.4, -0.2) is 28.3 Å². The molecule has 0 aliphatic heterocycles. The predicted molar refractivity (Wildman–Crippen MR) is 109 cm³/mol. The Hall–Kier alpha value is -3.71. The Morgan fingerprint density at radius 1 is 1.09 bits per heavy atom. The van der Waals surface area contributed by atoms with Crippen LogP contribution in [0.5, 0.6) is 5.88 Å². The van der Waals surface area contributed by atoms with Gasteiger partial charge in [0, 0.05) is 12.6 Å². The summed E-state index contributed by atoms with van der Waals surface area (Å²) in [5, 5.41) is 13.1. The number of primary sulfonamides is 1. The molecule has 0 saturated heterocycles. The molecule has 33 heavy (non-hydrogen) atoms. The Morgan fingerprint density at radius 2 is 1.76 bits per heavy atom. The molecule has 0 spiro atoms. The molecule has 13 heteroatoms. The number of nitrogens with two attached hydrogens (primary N) is 1. The third-order valence-electron chi connectivity index (χ3n) is 4.64. The summed E-state index contributed by atoms with van der Waals surface area (Å²) in [6.45, 7) is -0.0132. The van der Waals surface area contributed by atoms with E-state index in [1.54, 1.807) is 7.05 Å². The monoisotopic (exact) mass is 479 g/mol. The summed E-state index contributed by atoms with van der Waals surface area (Å²) in [7, 11) is -2.21. The van der Waals surface area contributed by atoms with Gasteiger partial charge in [-0.1, -0.05) is 17.3 Å². The Bertz CT molecular complexity index is 1380. The van der Waals surface area contributed by atoms with Gasteiger partial charge in [0.1, 0.15) is 12.2 Å². The molecule has 0 amide bonds. The highest BCUT2D eigenvalue weighted by Crippen LogP contribution is 2.32. The van der Waals surface area contributed by atoms with Crippen molar-refractivity contribution in [3.05, 3.63) is 65.9 Å². The van der Waals surface area contributed by atoms with Crippen LogP contribution in [0.3, 0.4) is 0 Å². The lowest BCUT2D eigenvalue weighted by Gasteiger charge is -2.09. The first-order valence-corrected chi connectivity index (χ1v) is 10.9. The van der Waals surface area contributed by atoms with Crippen molar-refractivity contribution in [2.45, 2.75) is 17.7 Å². The van der Waals surface area contributed by atoms with Crippen molar-refractivity contribution in [2.24, 2.45) is 12.2 Å². The predicted octanol–water partition coefficient (Wildman–Crippen LogP) is 3.38. The summed E-state index contributed by atoms with van der Waals surface area (Å²) < 4.78 is 73.4. The van der Waals surface area contributed by atoms with Crippen LogP contribution in [0.2, 0.25) is 0 Å². The van der Waals surface area contributed by atoms with E-state index in [2.05, 4.69) is 15.2 Å². The third kappa shape index (κ3) is 4.88. The zero-order chi connectivity index (χ0) is 23.8. The minimum atomic E-state index is -4.41. The van der Waals surface area contributed by atoms with E-state index in [1.165, 1.54) is 47.3 Å². The fraction of sp³-hybridized carbons (Fsp3) is 0.150. The first-order valence-electron chi connectivity index (χ1n) is 9.30. The molecule has 0 fully saturated rings. The van der Waals surface area contributed by atoms with Gasteiger partial charge >= 0.3 is 6.18 Å². The molecule has 4 rings (SSSR count). The molecule has 0 unspecified atom stereocenters. The van der Waals surface area contributed by atoms with E-state index in [1.807, 2.05) is 0 Å². The molecule has 0 aliphatic carbocycles. The van der Waals surface area contributed by atoms with Gasteiger partial charge in [-0.15, -0.1) is 0 Å². The molecule has 0 bridgehead atoms. The van der Waals surface area contributed by atoms with Gasteiger partial charge in [0.2, 0.25) is 21.7 Å². The van der Waals surface area contributed by atoms with Gasteiger partial charge in [-0.3, -0.25) is 0 Å². The zero-order valence-corrected chi connectivity index (χ0v) is 17.8. The molecule has 0 aliphatic rings. The summed E-state index contributed by atoms with van der Waals surface area (Å²) in [6, 6.07) is 10.2. The van der Waals surface area contributed by atoms with Crippen molar-refractivity contribution in [3.8, 4) is 28.7 Å². The van der Waals surface area contributed by atoms with E-state index in [9.17, 15) is 21.6 Å². The fourth-order valence-electron chi connectivity index (χ4n) is 2.93. The van der Waals surface area contributed by atoms with E-state index >= 15 is 0 Å². The molecular formula is C20H16F3N5O4S. The van der Waals surface area contributed by atoms with Gasteiger partial charge in [0.05, 0.1) is 16.7 Å². The molecule has 0 radical (unpaired) electrons. The molecule has 2 heterocycles. The molecule has 2 N–H and O–H groups in total. The topological polar surface area (TPSA) is 126 Å². The molecule has 4 aromatic rings. The second kappa shape index (κ2) is 8.33. The molecule has 9 nitrogen and oxygen atoms in total. The van der Waals surface area contributed by atoms with E-state index in [0.717, 1.165) is 12.1 Å². The second-order valence-electron chi connectivity index (χ2n) is 6.96. The van der Waals surface area contributed by atoms with Crippen molar-refractivity contribution < 1.29 is 30.8 Å². The Kier molecular flexibility index (Phi) is 5.68. The van der Waals surface area contributed by atoms with Crippen molar-refractivity contribution in [2.75, 3.05) is 0 Å². The molecule has 172 valence electrons. The van der Waals surface area contributed by atoms with Crippen LogP contribution in [0.4, 0.5) is 13.2 Å². The Morgan fingerprint density at radius 3 is 2.36 bits per heavy atom. The number of ether oxygens (including phenoxy) is 1. The molecule has 0 saturated carbocycles. The first kappa shape index (κ1) is 22.5. The number of nitrogens with zero attached hydrogens (tertiary/aromatic N) is 4. The summed E-state index contributed by atoms with van der Waals surface area (Å²) >= 11 is 0. The summed E-state index contributed by atoms with van der Waals surface area (Å²) in [6.07, 6.45) is -2.97. The van der Waals surface area contributed by atoms with Gasteiger partial charge in [-0.2, -0.15) is 23.3 Å². The molecule has 2 aromatic carbocycles. The third-order valence-corrected chi connectivity index (χ3v) is 5.57. The first-order chi connectivity index (χ1) is 15.5. The van der Waals surface area contributed by atoms with Gasteiger partial charge in [0.15, 0.2) is 0 Å². The summed E-state index contributed by atoms with van der Waals surface area (Å²) in [5.41, 5.74) is 0.650. The van der Waals surface area contributed by atoms with Crippen LogP contribution in [0.25, 0.3) is 22.8 Å². The van der Waals surface area contributed by atoms with Crippen LogP contribution in [0.15, 0.2) is 64.1 Å². The molecular weight excluding hydrogens is 463 g/mol. The zero-order valence-electron chi connectivity index (χ0n) is 16.9. The number of rotatable bonds is 6. The number of hydrogen-bond acceptors (Lipinski definition) is 7. The number of aryl methyl sites for hydroxylation is 1. The molecule has 2 aromatic heterocycles. The number of halogens is 3. The summed E-state index contributed by atoms with van der Waals surface area (Å²) in [5.74, 6) is 0.564. The maximum absolute atomic E-state index is 12.7. The normalized spacial score (nSPS) is 12.2. The minimum Gasteiger partial charge on any atom is -0.472 e. The number of hydrogen-bond donors (Lipinski definition) is 1. The minimum absolute atomic E-state index is 0.0132.